The fourth-order valence-corrected chi connectivity index (χ4v) is 9.08. The van der Waals surface area contributed by atoms with Gasteiger partial charge in [-0.15, -0.1) is 0 Å². The average molecular weight is 703 g/mol. The van der Waals surface area contributed by atoms with Gasteiger partial charge in [0.1, 0.15) is 17.3 Å². The van der Waals surface area contributed by atoms with E-state index in [1.54, 1.807) is 0 Å². The van der Waals surface area contributed by atoms with Crippen LogP contribution in [-0.4, -0.2) is 20.8 Å². The summed E-state index contributed by atoms with van der Waals surface area (Å²) in [5.74, 6) is 2.62. The van der Waals surface area contributed by atoms with Gasteiger partial charge in [0.2, 0.25) is 0 Å². The van der Waals surface area contributed by atoms with Crippen LogP contribution in [0.3, 0.4) is 0 Å². The van der Waals surface area contributed by atoms with Crippen LogP contribution in [0.5, 0.6) is 11.5 Å². The molecule has 0 amide bonds. The van der Waals surface area contributed by atoms with Crippen LogP contribution in [0.2, 0.25) is 0 Å². The lowest BCUT2D eigenvalue weighted by Crippen LogP contribution is -2.58. The van der Waals surface area contributed by atoms with Crippen LogP contribution in [0.4, 0.5) is 17.1 Å². The summed E-state index contributed by atoms with van der Waals surface area (Å²) in [7, 11) is 0. The average Bonchev–Trinajstić information content (AvgIpc) is 3.80. The maximum Gasteiger partial charge on any atom is 0.256 e. The molecule has 2 aliphatic heterocycles. The normalized spacial score (nSPS) is 12.5. The van der Waals surface area contributed by atoms with Gasteiger partial charge >= 0.3 is 0 Å². The predicted molar refractivity (Wildman–Crippen MR) is 227 cm³/mol. The van der Waals surface area contributed by atoms with Crippen LogP contribution in [0.1, 0.15) is 0 Å². The maximum absolute atomic E-state index is 7.21. The van der Waals surface area contributed by atoms with E-state index in [4.69, 9.17) is 9.72 Å². The Bertz CT molecular complexity index is 3040. The van der Waals surface area contributed by atoms with Crippen molar-refractivity contribution in [3.8, 4) is 34.3 Å². The monoisotopic (exact) mass is 702 g/mol. The molecule has 2 aromatic heterocycles. The van der Waals surface area contributed by atoms with Crippen LogP contribution in [0.25, 0.3) is 55.6 Å². The topological polar surface area (TPSA) is 35.2 Å². The molecule has 2 aliphatic rings. The minimum atomic E-state index is -0.0478. The molecular weight excluding hydrogens is 671 g/mol. The van der Waals surface area contributed by atoms with Gasteiger partial charge in [-0.1, -0.05) is 121 Å². The third kappa shape index (κ3) is 4.39. The molecule has 0 saturated heterocycles. The Morgan fingerprint density at radius 2 is 1.13 bits per heavy atom. The Balaban J connectivity index is 1.15. The molecule has 0 atom stereocenters. The lowest BCUT2D eigenvalue weighted by Gasteiger charge is -2.35. The molecule has 0 saturated carbocycles. The number of benzene rings is 8. The fourth-order valence-electron chi connectivity index (χ4n) is 9.08. The first kappa shape index (κ1) is 30.2. The number of aromatic nitrogens is 3. The van der Waals surface area contributed by atoms with E-state index in [1.165, 1.54) is 27.3 Å². The first-order valence-electron chi connectivity index (χ1n) is 18.8. The number of nitrogens with zero attached hydrogens (tertiary/aromatic N) is 4. The summed E-state index contributed by atoms with van der Waals surface area (Å²) in [6.45, 7) is -0.0478. The first-order valence-corrected chi connectivity index (χ1v) is 18.8. The molecule has 12 rings (SSSR count). The molecule has 0 fully saturated rings. The van der Waals surface area contributed by atoms with Gasteiger partial charge in [-0.25, -0.2) is 4.98 Å². The summed E-state index contributed by atoms with van der Waals surface area (Å²) in [4.78, 5) is 7.65. The Hall–Kier alpha value is -7.31. The zero-order chi connectivity index (χ0) is 36.0. The molecule has 0 bridgehead atoms. The van der Waals surface area contributed by atoms with Crippen molar-refractivity contribution >= 4 is 73.0 Å². The molecule has 8 aromatic carbocycles. The largest absolute Gasteiger partial charge is 0.458 e. The van der Waals surface area contributed by atoms with Crippen molar-refractivity contribution in [1.82, 2.24) is 14.1 Å². The third-order valence-corrected chi connectivity index (χ3v) is 11.3. The number of fused-ring (bicyclic) bond motifs is 7. The lowest BCUT2D eigenvalue weighted by molar-refractivity contribution is 0.487. The maximum atomic E-state index is 7.21. The molecule has 5 nitrogen and oxygen atoms in total. The van der Waals surface area contributed by atoms with E-state index < -0.39 is 0 Å². The van der Waals surface area contributed by atoms with E-state index in [0.29, 0.717) is 0 Å². The summed E-state index contributed by atoms with van der Waals surface area (Å²) >= 11 is 0. The molecule has 0 spiro atoms. The second-order valence-electron chi connectivity index (χ2n) is 14.4. The molecule has 4 heterocycles. The molecule has 55 heavy (non-hydrogen) atoms. The number of hydrogen-bond donors (Lipinski definition) is 0. The highest BCUT2D eigenvalue weighted by Gasteiger charge is 2.41. The summed E-state index contributed by atoms with van der Waals surface area (Å²) in [5, 5.41) is 2.47. The number of ether oxygens (including phenoxy) is 1. The van der Waals surface area contributed by atoms with E-state index in [9.17, 15) is 0 Å². The highest BCUT2D eigenvalue weighted by molar-refractivity contribution is 6.99. The second kappa shape index (κ2) is 11.6. The van der Waals surface area contributed by atoms with Gasteiger partial charge in [0.15, 0.2) is 0 Å². The van der Waals surface area contributed by atoms with Gasteiger partial charge in [0.25, 0.3) is 6.71 Å². The van der Waals surface area contributed by atoms with Crippen molar-refractivity contribution in [2.45, 2.75) is 0 Å². The summed E-state index contributed by atoms with van der Waals surface area (Å²) < 4.78 is 11.9. The molecule has 0 radical (unpaired) electrons. The number of anilines is 3. The summed E-state index contributed by atoms with van der Waals surface area (Å²) in [6.07, 6.45) is 0. The van der Waals surface area contributed by atoms with Crippen molar-refractivity contribution in [2.75, 3.05) is 4.90 Å². The van der Waals surface area contributed by atoms with Crippen molar-refractivity contribution in [2.24, 2.45) is 0 Å². The minimum absolute atomic E-state index is 0.0478. The van der Waals surface area contributed by atoms with Gasteiger partial charge in [-0.3, -0.25) is 4.57 Å². The first-order chi connectivity index (χ1) is 27.3. The molecule has 0 N–H and O–H groups in total. The number of hydrogen-bond acceptors (Lipinski definition) is 3. The molecule has 6 heteroatoms. The van der Waals surface area contributed by atoms with E-state index >= 15 is 0 Å². The SMILES string of the molecule is c1ccc(-c2nc3cccc4c3n2-c2cc(N(c3ccccc3)c3ccccc3)cc3c2B4c2ccc(-n4c5ccccc5c5ccccc54)cc2O3)cc1. The quantitative estimate of drug-likeness (QED) is 0.168. The number of rotatable bonds is 5. The predicted octanol–water partition coefficient (Wildman–Crippen LogP) is 10.2. The van der Waals surface area contributed by atoms with Gasteiger partial charge in [-0.05, 0) is 71.0 Å². The zero-order valence-corrected chi connectivity index (χ0v) is 29.7. The van der Waals surface area contributed by atoms with Crippen LogP contribution < -0.4 is 26.0 Å². The van der Waals surface area contributed by atoms with Crippen LogP contribution >= 0.6 is 0 Å². The third-order valence-electron chi connectivity index (χ3n) is 11.3. The summed E-state index contributed by atoms with van der Waals surface area (Å²) in [5.41, 5.74) is 14.3. The molecule has 0 unspecified atom stereocenters. The van der Waals surface area contributed by atoms with Crippen LogP contribution in [0, 0.1) is 0 Å². The summed E-state index contributed by atoms with van der Waals surface area (Å²) in [6, 6.07) is 66.9. The minimum Gasteiger partial charge on any atom is -0.458 e. The van der Waals surface area contributed by atoms with E-state index in [0.717, 1.165) is 73.3 Å². The van der Waals surface area contributed by atoms with E-state index in [1.807, 2.05) is 0 Å². The van der Waals surface area contributed by atoms with Crippen LogP contribution in [0.15, 0.2) is 188 Å². The van der Waals surface area contributed by atoms with Gasteiger partial charge in [0, 0.05) is 51.2 Å². The van der Waals surface area contributed by atoms with Gasteiger partial charge in [0.05, 0.1) is 27.8 Å². The smallest absolute Gasteiger partial charge is 0.256 e. The second-order valence-corrected chi connectivity index (χ2v) is 14.4. The molecule has 256 valence electrons. The zero-order valence-electron chi connectivity index (χ0n) is 29.7. The number of imidazole rings is 1. The van der Waals surface area contributed by atoms with E-state index in [2.05, 4.69) is 202 Å². The highest BCUT2D eigenvalue weighted by atomic mass is 16.5. The van der Waals surface area contributed by atoms with E-state index in [-0.39, 0.29) is 6.71 Å². The molecule has 0 aliphatic carbocycles. The van der Waals surface area contributed by atoms with Gasteiger partial charge < -0.3 is 14.2 Å². The van der Waals surface area contributed by atoms with Crippen molar-refractivity contribution in [3.05, 3.63) is 188 Å². The van der Waals surface area contributed by atoms with Crippen molar-refractivity contribution in [1.29, 1.82) is 0 Å². The molecule has 10 aromatic rings. The highest BCUT2D eigenvalue weighted by Crippen LogP contribution is 2.43. The lowest BCUT2D eigenvalue weighted by atomic mass is 9.34. The van der Waals surface area contributed by atoms with Crippen molar-refractivity contribution in [3.63, 3.8) is 0 Å². The fraction of sp³-hybridized carbons (Fsp3) is 0. The number of para-hydroxylation sites is 5. The van der Waals surface area contributed by atoms with Crippen LogP contribution in [-0.2, 0) is 0 Å². The Labute approximate surface area is 318 Å². The van der Waals surface area contributed by atoms with Gasteiger partial charge in [-0.2, -0.15) is 0 Å². The Kier molecular flexibility index (Phi) is 6.36. The Morgan fingerprint density at radius 1 is 0.491 bits per heavy atom. The standard InChI is InChI=1S/C49H31BN4O/c1-4-15-32(16-5-1)49-51-41-24-14-23-40-48(41)54(49)44-29-36(52(33-17-6-2-7-18-33)34-19-8-3-9-20-34)31-46-47(44)50(40)39-28-27-35(30-45(39)55-46)53-42-25-12-10-21-37(42)38-22-11-13-26-43(38)53/h1-31H. The Morgan fingerprint density at radius 3 is 1.82 bits per heavy atom. The molecular formula is C49H31BN4O. The van der Waals surface area contributed by atoms with Crippen molar-refractivity contribution < 1.29 is 4.74 Å².